The summed E-state index contributed by atoms with van der Waals surface area (Å²) in [6, 6.07) is 8.68. The van der Waals surface area contributed by atoms with Crippen LogP contribution in [0.3, 0.4) is 0 Å². The zero-order valence-electron chi connectivity index (χ0n) is 10.8. The van der Waals surface area contributed by atoms with Gasteiger partial charge in [-0.05, 0) is 36.6 Å². The van der Waals surface area contributed by atoms with Crippen molar-refractivity contribution in [2.45, 2.75) is 26.2 Å². The first-order valence-electron chi connectivity index (χ1n) is 5.66. The Morgan fingerprint density at radius 2 is 1.83 bits per heavy atom. The van der Waals surface area contributed by atoms with Gasteiger partial charge in [0.1, 0.15) is 0 Å². The average Bonchev–Trinajstić information content (AvgIpc) is 2.29. The van der Waals surface area contributed by atoms with Crippen molar-refractivity contribution >= 4 is 59.9 Å². The second-order valence-electron chi connectivity index (χ2n) is 3.78. The summed E-state index contributed by atoms with van der Waals surface area (Å²) in [7, 11) is 1.88. The molecule has 0 spiro atoms. The first kappa shape index (κ1) is 19.5. The second-order valence-corrected chi connectivity index (χ2v) is 39.2. The number of halogens is 3. The van der Waals surface area contributed by atoms with E-state index in [1.54, 1.807) is 11.1 Å². The molecule has 0 saturated heterocycles. The molecule has 1 aliphatic carbocycles. The van der Waals surface area contributed by atoms with Crippen molar-refractivity contribution in [2.75, 3.05) is 7.05 Å². The minimum absolute atomic E-state index is 0.278. The molecule has 0 heterocycles. The molecule has 1 nitrogen and oxygen atoms in total. The van der Waals surface area contributed by atoms with Gasteiger partial charge in [-0.3, -0.25) is 0 Å². The Balaban J connectivity index is 0.000000278. The molecule has 1 aromatic rings. The van der Waals surface area contributed by atoms with Crippen LogP contribution >= 0.6 is 59.9 Å². The minimum atomic E-state index is -0.278. The molecule has 1 aromatic carbocycles. The van der Waals surface area contributed by atoms with Crippen molar-refractivity contribution in [2.24, 2.45) is 0 Å². The Morgan fingerprint density at radius 1 is 1.28 bits per heavy atom. The summed E-state index contributed by atoms with van der Waals surface area (Å²) in [6.07, 6.45) is 5.11. The predicted octanol–water partition coefficient (Wildman–Crippen LogP) is 5.74. The normalized spacial score (nSPS) is 15.8. The Bertz CT molecular complexity index is 353. The monoisotopic (exact) mass is 621 g/mol. The molecule has 0 radical (unpaired) electrons. The standard InChI is InChI=1S/C9H10.C4H9N.3HI.V/c1-7-6-8-4-2-3-5-9(7)8;1-3-4-5-2;;;;/h2-5,7H,6H2,1H3;3-5H,1-2H3;3*1H;/q;;;;;+3/p-3/b;4-3-;;;;. The van der Waals surface area contributed by atoms with E-state index in [-0.39, 0.29) is 4.92 Å². The van der Waals surface area contributed by atoms with E-state index in [0.29, 0.717) is 0 Å². The van der Waals surface area contributed by atoms with Crippen LogP contribution in [0.4, 0.5) is 0 Å². The van der Waals surface area contributed by atoms with E-state index in [4.69, 9.17) is 0 Å². The quantitative estimate of drug-likeness (QED) is 0.395. The van der Waals surface area contributed by atoms with Gasteiger partial charge in [0.25, 0.3) is 0 Å². The summed E-state index contributed by atoms with van der Waals surface area (Å²) in [6.45, 7) is 4.25. The fraction of sp³-hybridized carbons (Fsp3) is 0.385. The number of nitrogens with one attached hydrogen (secondary N) is 1. The summed E-state index contributed by atoms with van der Waals surface area (Å²) in [4.78, 5) is -0.278. The first-order chi connectivity index (χ1) is 8.52. The second kappa shape index (κ2) is 12.3. The first-order valence-corrected chi connectivity index (χ1v) is 19.2. The van der Waals surface area contributed by atoms with E-state index in [1.807, 2.05) is 26.2 Å². The molecule has 1 unspecified atom stereocenters. The van der Waals surface area contributed by atoms with Crippen molar-refractivity contribution < 1.29 is 4.92 Å². The molecule has 0 aliphatic heterocycles. The molecule has 0 aromatic heterocycles. The maximum atomic E-state index is 2.84. The van der Waals surface area contributed by atoms with Gasteiger partial charge in [0.05, 0.1) is 0 Å². The summed E-state index contributed by atoms with van der Waals surface area (Å²) in [5.74, 6) is 0.821. The number of fused-ring (bicyclic) bond motifs is 1. The van der Waals surface area contributed by atoms with Gasteiger partial charge in [-0.1, -0.05) is 37.3 Å². The number of allylic oxidation sites excluding steroid dienone is 1. The van der Waals surface area contributed by atoms with Crippen molar-refractivity contribution in [3.05, 3.63) is 47.7 Å². The fourth-order valence-electron chi connectivity index (χ4n) is 1.68. The van der Waals surface area contributed by atoms with Crippen molar-refractivity contribution in [3.63, 3.8) is 0 Å². The fourth-order valence-corrected chi connectivity index (χ4v) is 1.68. The van der Waals surface area contributed by atoms with Crippen LogP contribution in [0.25, 0.3) is 0 Å². The van der Waals surface area contributed by atoms with Crippen LogP contribution in [0.15, 0.2) is 36.5 Å². The molecule has 0 bridgehead atoms. The number of hydrogen-bond donors (Lipinski definition) is 1. The molecule has 0 amide bonds. The van der Waals surface area contributed by atoms with Crippen molar-refractivity contribution in [3.8, 4) is 0 Å². The van der Waals surface area contributed by atoms with Gasteiger partial charge in [0, 0.05) is 7.05 Å². The van der Waals surface area contributed by atoms with Gasteiger partial charge in [-0.25, -0.2) is 0 Å². The molecule has 1 N–H and O–H groups in total. The van der Waals surface area contributed by atoms with E-state index in [2.05, 4.69) is 96.4 Å². The summed E-state index contributed by atoms with van der Waals surface area (Å²) in [5.41, 5.74) is 3.10. The van der Waals surface area contributed by atoms with Gasteiger partial charge in [0.2, 0.25) is 0 Å². The number of rotatable bonds is 1. The van der Waals surface area contributed by atoms with Crippen LogP contribution in [0.2, 0.25) is 0 Å². The van der Waals surface area contributed by atoms with Crippen LogP contribution in [0, 0.1) is 0 Å². The third-order valence-electron chi connectivity index (χ3n) is 2.45. The molecule has 18 heavy (non-hydrogen) atoms. The molecule has 102 valence electrons. The van der Waals surface area contributed by atoms with Crippen LogP contribution in [0.5, 0.6) is 0 Å². The Hall–Kier alpha value is 1.53. The molecular formula is C13H19I3NV. The van der Waals surface area contributed by atoms with E-state index in [1.165, 1.54) is 6.42 Å². The molecule has 0 fully saturated rings. The third-order valence-corrected chi connectivity index (χ3v) is 2.45. The zero-order valence-corrected chi connectivity index (χ0v) is 18.7. The van der Waals surface area contributed by atoms with Gasteiger partial charge in [-0.15, -0.1) is 0 Å². The molecule has 1 aliphatic rings. The zero-order chi connectivity index (χ0) is 14.0. The molecule has 5 heteroatoms. The molecule has 1 atom stereocenters. The van der Waals surface area contributed by atoms with E-state index >= 15 is 0 Å². The topological polar surface area (TPSA) is 12.0 Å². The van der Waals surface area contributed by atoms with Gasteiger partial charge in [-0.2, -0.15) is 0 Å². The van der Waals surface area contributed by atoms with Gasteiger partial charge >= 0.3 is 64.9 Å². The predicted molar refractivity (Wildman–Crippen MR) is 104 cm³/mol. The van der Waals surface area contributed by atoms with E-state index in [0.717, 1.165) is 5.92 Å². The average molecular weight is 621 g/mol. The number of benzene rings is 1. The molecule has 0 saturated carbocycles. The van der Waals surface area contributed by atoms with E-state index in [9.17, 15) is 0 Å². The Morgan fingerprint density at radius 3 is 2.11 bits per heavy atom. The van der Waals surface area contributed by atoms with Crippen LogP contribution in [-0.2, 0) is 11.3 Å². The Kier molecular flexibility index (Phi) is 13.3. The summed E-state index contributed by atoms with van der Waals surface area (Å²) < 4.78 is 0. The van der Waals surface area contributed by atoms with Crippen molar-refractivity contribution in [1.82, 2.24) is 5.32 Å². The van der Waals surface area contributed by atoms with Crippen molar-refractivity contribution in [1.29, 1.82) is 0 Å². The maximum absolute atomic E-state index is 2.84. The van der Waals surface area contributed by atoms with Crippen LogP contribution in [0.1, 0.15) is 30.9 Å². The van der Waals surface area contributed by atoms with Crippen LogP contribution in [-0.4, -0.2) is 7.05 Å². The summed E-state index contributed by atoms with van der Waals surface area (Å²) >= 11 is 7.39. The molecule has 2 rings (SSSR count). The Labute approximate surface area is 149 Å². The number of hydrogen-bond acceptors (Lipinski definition) is 1. The van der Waals surface area contributed by atoms with Crippen LogP contribution < -0.4 is 5.32 Å². The van der Waals surface area contributed by atoms with E-state index < -0.39 is 0 Å². The van der Waals surface area contributed by atoms with Gasteiger partial charge < -0.3 is 5.32 Å². The summed E-state index contributed by atoms with van der Waals surface area (Å²) in [5, 5.41) is 2.84. The third kappa shape index (κ3) is 9.44. The van der Waals surface area contributed by atoms with Gasteiger partial charge in [0.15, 0.2) is 0 Å². The SMILES string of the molecule is C/C=C\NC.CC1Cc2ccccc21.[I][V]([I])[I]. The molecular weight excluding hydrogens is 602 g/mol.